The van der Waals surface area contributed by atoms with Crippen LogP contribution >= 0.6 is 15.9 Å². The number of benzene rings is 1. The number of halogens is 2. The van der Waals surface area contributed by atoms with Crippen LogP contribution in [0.15, 0.2) is 22.7 Å². The Bertz CT molecular complexity index is 363. The average molecular weight is 287 g/mol. The van der Waals surface area contributed by atoms with Crippen LogP contribution in [0, 0.1) is 11.7 Å². The van der Waals surface area contributed by atoms with Crippen molar-refractivity contribution in [1.29, 1.82) is 0 Å². The Labute approximate surface area is 104 Å². The second-order valence-corrected chi connectivity index (χ2v) is 5.48. The molecule has 1 aliphatic carbocycles. The maximum absolute atomic E-state index is 13.0. The van der Waals surface area contributed by atoms with Crippen LogP contribution in [-0.4, -0.2) is 11.2 Å². The molecule has 1 nitrogen and oxygen atoms in total. The van der Waals surface area contributed by atoms with Crippen molar-refractivity contribution in [3.8, 4) is 0 Å². The van der Waals surface area contributed by atoms with E-state index in [1.165, 1.54) is 31.4 Å². The van der Waals surface area contributed by atoms with Crippen molar-refractivity contribution >= 4 is 15.9 Å². The largest absolute Gasteiger partial charge is 0.393 e. The molecule has 3 heteroatoms. The van der Waals surface area contributed by atoms with Crippen molar-refractivity contribution in [2.24, 2.45) is 5.92 Å². The first-order chi connectivity index (χ1) is 7.65. The van der Waals surface area contributed by atoms with E-state index in [2.05, 4.69) is 15.9 Å². The summed E-state index contributed by atoms with van der Waals surface area (Å²) in [4.78, 5) is 0. The lowest BCUT2D eigenvalue weighted by molar-refractivity contribution is 0.117. The number of aliphatic hydroxyl groups is 1. The highest BCUT2D eigenvalue weighted by Crippen LogP contribution is 2.31. The smallest absolute Gasteiger partial charge is 0.123 e. The van der Waals surface area contributed by atoms with Gasteiger partial charge in [-0.3, -0.25) is 0 Å². The van der Waals surface area contributed by atoms with Gasteiger partial charge in [-0.25, -0.2) is 4.39 Å². The molecule has 1 aromatic carbocycles. The fourth-order valence-electron chi connectivity index (χ4n) is 2.15. The maximum atomic E-state index is 13.0. The van der Waals surface area contributed by atoms with Gasteiger partial charge in [-0.05, 0) is 42.5 Å². The van der Waals surface area contributed by atoms with Gasteiger partial charge in [0.25, 0.3) is 0 Å². The van der Waals surface area contributed by atoms with Gasteiger partial charge in [-0.15, -0.1) is 0 Å². The summed E-state index contributed by atoms with van der Waals surface area (Å²) in [5.74, 6) is 0.441. The molecule has 1 saturated carbocycles. The highest BCUT2D eigenvalue weighted by atomic mass is 79.9. The Kier molecular flexibility index (Phi) is 3.98. The molecular formula is C13H16BrFO. The molecule has 2 rings (SSSR count). The third-order valence-electron chi connectivity index (χ3n) is 3.29. The summed E-state index contributed by atoms with van der Waals surface area (Å²) in [6, 6.07) is 4.61. The Balaban J connectivity index is 1.93. The van der Waals surface area contributed by atoms with E-state index in [1.54, 1.807) is 6.07 Å². The SMILES string of the molecule is OC(Cc1cc(F)ccc1Br)CC1CCC1. The van der Waals surface area contributed by atoms with Gasteiger partial charge in [0.05, 0.1) is 6.10 Å². The average Bonchev–Trinajstić information content (AvgIpc) is 2.18. The standard InChI is InChI=1S/C13H16BrFO/c14-13-5-4-11(15)7-10(13)8-12(16)6-9-2-1-3-9/h4-5,7,9,12,16H,1-3,6,8H2. The van der Waals surface area contributed by atoms with Crippen molar-refractivity contribution in [1.82, 2.24) is 0 Å². The zero-order chi connectivity index (χ0) is 11.5. The second-order valence-electron chi connectivity index (χ2n) is 4.63. The fourth-order valence-corrected chi connectivity index (χ4v) is 2.56. The summed E-state index contributed by atoms with van der Waals surface area (Å²) < 4.78 is 13.9. The van der Waals surface area contributed by atoms with Crippen molar-refractivity contribution in [2.75, 3.05) is 0 Å². The van der Waals surface area contributed by atoms with Crippen LogP contribution in [0.2, 0.25) is 0 Å². The molecule has 1 unspecified atom stereocenters. The molecule has 0 bridgehead atoms. The van der Waals surface area contributed by atoms with Crippen LogP contribution in [0.3, 0.4) is 0 Å². The third-order valence-corrected chi connectivity index (χ3v) is 4.07. The van der Waals surface area contributed by atoms with Gasteiger partial charge in [0.15, 0.2) is 0 Å². The lowest BCUT2D eigenvalue weighted by atomic mass is 9.80. The van der Waals surface area contributed by atoms with Crippen LogP contribution in [0.25, 0.3) is 0 Å². The summed E-state index contributed by atoms with van der Waals surface area (Å²) in [5, 5.41) is 9.91. The molecule has 1 atom stereocenters. The molecule has 0 radical (unpaired) electrons. The van der Waals surface area contributed by atoms with Gasteiger partial charge in [0.2, 0.25) is 0 Å². The van der Waals surface area contributed by atoms with Gasteiger partial charge >= 0.3 is 0 Å². The van der Waals surface area contributed by atoms with Crippen LogP contribution in [0.5, 0.6) is 0 Å². The molecule has 0 spiro atoms. The zero-order valence-electron chi connectivity index (χ0n) is 9.13. The minimum Gasteiger partial charge on any atom is -0.393 e. The number of hydrogen-bond acceptors (Lipinski definition) is 1. The molecule has 0 saturated heterocycles. The highest BCUT2D eigenvalue weighted by molar-refractivity contribution is 9.10. The Hall–Kier alpha value is -0.410. The molecular weight excluding hydrogens is 271 g/mol. The summed E-state index contributed by atoms with van der Waals surface area (Å²) in [6.07, 6.45) is 4.81. The first-order valence-electron chi connectivity index (χ1n) is 5.77. The van der Waals surface area contributed by atoms with E-state index in [-0.39, 0.29) is 11.9 Å². The summed E-state index contributed by atoms with van der Waals surface area (Å²) in [6.45, 7) is 0. The topological polar surface area (TPSA) is 20.2 Å². The van der Waals surface area contributed by atoms with Gasteiger partial charge in [0, 0.05) is 4.47 Å². The molecule has 16 heavy (non-hydrogen) atoms. The normalized spacial score (nSPS) is 18.2. The monoisotopic (exact) mass is 286 g/mol. The molecule has 1 aliphatic rings. The lowest BCUT2D eigenvalue weighted by Gasteiger charge is -2.27. The third kappa shape index (κ3) is 3.05. The number of aliphatic hydroxyl groups excluding tert-OH is 1. The first-order valence-corrected chi connectivity index (χ1v) is 6.56. The van der Waals surface area contributed by atoms with Crippen LogP contribution in [-0.2, 0) is 6.42 Å². The van der Waals surface area contributed by atoms with E-state index in [9.17, 15) is 9.50 Å². The Morgan fingerprint density at radius 1 is 1.44 bits per heavy atom. The first kappa shape index (κ1) is 12.1. The molecule has 0 aromatic heterocycles. The molecule has 88 valence electrons. The molecule has 1 fully saturated rings. The molecule has 0 aliphatic heterocycles. The summed E-state index contributed by atoms with van der Waals surface area (Å²) >= 11 is 3.38. The molecule has 0 amide bonds. The van der Waals surface area contributed by atoms with Crippen LogP contribution in [0.4, 0.5) is 4.39 Å². The lowest BCUT2D eigenvalue weighted by Crippen LogP contribution is -2.21. The van der Waals surface area contributed by atoms with E-state index >= 15 is 0 Å². The quantitative estimate of drug-likeness (QED) is 0.895. The summed E-state index contributed by atoms with van der Waals surface area (Å²) in [7, 11) is 0. The number of hydrogen-bond donors (Lipinski definition) is 1. The van der Waals surface area contributed by atoms with Crippen LogP contribution < -0.4 is 0 Å². The van der Waals surface area contributed by atoms with E-state index in [4.69, 9.17) is 0 Å². The predicted molar refractivity (Wildman–Crippen MR) is 65.8 cm³/mol. The van der Waals surface area contributed by atoms with Gasteiger partial charge in [-0.2, -0.15) is 0 Å². The van der Waals surface area contributed by atoms with Crippen molar-refractivity contribution in [3.05, 3.63) is 34.1 Å². The fraction of sp³-hybridized carbons (Fsp3) is 0.538. The number of rotatable bonds is 4. The molecule has 0 heterocycles. The van der Waals surface area contributed by atoms with Crippen molar-refractivity contribution in [3.63, 3.8) is 0 Å². The minimum absolute atomic E-state index is 0.242. The predicted octanol–water partition coefficient (Wildman–Crippen LogP) is 3.68. The van der Waals surface area contributed by atoms with E-state index in [0.29, 0.717) is 12.3 Å². The van der Waals surface area contributed by atoms with Crippen molar-refractivity contribution in [2.45, 2.75) is 38.2 Å². The van der Waals surface area contributed by atoms with Gasteiger partial charge < -0.3 is 5.11 Å². The highest BCUT2D eigenvalue weighted by Gasteiger charge is 2.21. The van der Waals surface area contributed by atoms with E-state index in [0.717, 1.165) is 16.5 Å². The van der Waals surface area contributed by atoms with Crippen LogP contribution in [0.1, 0.15) is 31.2 Å². The van der Waals surface area contributed by atoms with Gasteiger partial charge in [0.1, 0.15) is 5.82 Å². The Morgan fingerprint density at radius 3 is 2.81 bits per heavy atom. The Morgan fingerprint density at radius 2 is 2.19 bits per heavy atom. The molecule has 1 aromatic rings. The summed E-state index contributed by atoms with van der Waals surface area (Å²) in [5.41, 5.74) is 0.854. The zero-order valence-corrected chi connectivity index (χ0v) is 10.7. The maximum Gasteiger partial charge on any atom is 0.123 e. The van der Waals surface area contributed by atoms with Gasteiger partial charge in [-0.1, -0.05) is 35.2 Å². The van der Waals surface area contributed by atoms with E-state index in [1.807, 2.05) is 0 Å². The van der Waals surface area contributed by atoms with E-state index < -0.39 is 0 Å². The molecule has 1 N–H and O–H groups in total. The second kappa shape index (κ2) is 5.28. The minimum atomic E-state index is -0.344. The van der Waals surface area contributed by atoms with Crippen molar-refractivity contribution < 1.29 is 9.50 Å².